The summed E-state index contributed by atoms with van der Waals surface area (Å²) in [5.41, 5.74) is 2.03. The van der Waals surface area contributed by atoms with Crippen molar-refractivity contribution in [2.24, 2.45) is 0 Å². The number of benzene rings is 1. The molecular weight excluding hydrogens is 394 g/mol. The van der Waals surface area contributed by atoms with Gasteiger partial charge in [0.15, 0.2) is 6.10 Å². The molecule has 0 fully saturated rings. The Bertz CT molecular complexity index is 984. The van der Waals surface area contributed by atoms with Gasteiger partial charge in [0.05, 0.1) is 12.2 Å². The smallest absolute Gasteiger partial charge is 0.278 e. The number of para-hydroxylation sites is 2. The normalized spacial score (nSPS) is 15.6. The van der Waals surface area contributed by atoms with Crippen molar-refractivity contribution in [1.29, 1.82) is 0 Å². The summed E-state index contributed by atoms with van der Waals surface area (Å²) in [5, 5.41) is 9.40. The van der Waals surface area contributed by atoms with Crippen LogP contribution in [0.1, 0.15) is 23.8 Å². The first-order valence-electron chi connectivity index (χ1n) is 9.00. The zero-order chi connectivity index (χ0) is 19.5. The number of carbonyl (C=O) groups is 2. The van der Waals surface area contributed by atoms with E-state index in [9.17, 15) is 9.59 Å². The number of hydrogen-bond donors (Lipinski definition) is 1. The molecule has 144 valence electrons. The van der Waals surface area contributed by atoms with Crippen LogP contribution in [0.3, 0.4) is 0 Å². The van der Waals surface area contributed by atoms with Gasteiger partial charge in [0.25, 0.3) is 11.8 Å². The summed E-state index contributed by atoms with van der Waals surface area (Å²) >= 11 is 3.03. The van der Waals surface area contributed by atoms with Crippen molar-refractivity contribution < 1.29 is 14.3 Å². The van der Waals surface area contributed by atoms with Gasteiger partial charge in [0, 0.05) is 22.9 Å². The summed E-state index contributed by atoms with van der Waals surface area (Å²) in [6.45, 7) is 2.71. The van der Waals surface area contributed by atoms with Crippen LogP contribution in [0.15, 0.2) is 46.5 Å². The number of fused-ring (bicyclic) bond motifs is 1. The van der Waals surface area contributed by atoms with Gasteiger partial charge in [-0.05, 0) is 30.0 Å². The van der Waals surface area contributed by atoms with Crippen LogP contribution in [0.2, 0.25) is 0 Å². The van der Waals surface area contributed by atoms with Crippen molar-refractivity contribution in [3.8, 4) is 16.3 Å². The van der Waals surface area contributed by atoms with Crippen LogP contribution in [0, 0.1) is 0 Å². The first-order valence-corrected chi connectivity index (χ1v) is 10.8. The molecule has 0 aliphatic carbocycles. The molecule has 4 rings (SSSR count). The summed E-state index contributed by atoms with van der Waals surface area (Å²) in [5.74, 6) is 0.0696. The Morgan fingerprint density at radius 1 is 1.29 bits per heavy atom. The highest BCUT2D eigenvalue weighted by Gasteiger charge is 2.34. The van der Waals surface area contributed by atoms with Gasteiger partial charge >= 0.3 is 0 Å². The molecular formula is C20H19N3O3S2. The highest BCUT2D eigenvalue weighted by Crippen LogP contribution is 2.35. The largest absolute Gasteiger partial charge is 0.477 e. The minimum atomic E-state index is -0.750. The molecule has 0 saturated heterocycles. The van der Waals surface area contributed by atoms with Crippen LogP contribution >= 0.6 is 22.7 Å². The molecule has 1 atom stereocenters. The maximum Gasteiger partial charge on any atom is 0.278 e. The van der Waals surface area contributed by atoms with Crippen LogP contribution in [-0.4, -0.2) is 36.0 Å². The Hall–Kier alpha value is -2.71. The van der Waals surface area contributed by atoms with Crippen molar-refractivity contribution in [1.82, 2.24) is 10.3 Å². The molecule has 0 saturated carbocycles. The Labute approximate surface area is 170 Å². The van der Waals surface area contributed by atoms with E-state index in [-0.39, 0.29) is 18.4 Å². The van der Waals surface area contributed by atoms with Crippen molar-refractivity contribution in [2.45, 2.75) is 19.4 Å². The van der Waals surface area contributed by atoms with Gasteiger partial charge in [0.1, 0.15) is 16.5 Å². The van der Waals surface area contributed by atoms with Crippen LogP contribution in [0.4, 0.5) is 5.69 Å². The van der Waals surface area contributed by atoms with E-state index in [1.165, 1.54) is 11.3 Å². The molecule has 1 N–H and O–H groups in total. The summed E-state index contributed by atoms with van der Waals surface area (Å²) < 4.78 is 5.85. The van der Waals surface area contributed by atoms with E-state index in [1.54, 1.807) is 27.7 Å². The van der Waals surface area contributed by atoms with E-state index >= 15 is 0 Å². The number of rotatable bonds is 5. The average Bonchev–Trinajstić information content (AvgIpc) is 3.42. The third kappa shape index (κ3) is 3.65. The number of aromatic nitrogens is 1. The van der Waals surface area contributed by atoms with Gasteiger partial charge in [-0.25, -0.2) is 4.98 Å². The van der Waals surface area contributed by atoms with E-state index in [0.717, 1.165) is 17.0 Å². The number of hydrogen-bond acceptors (Lipinski definition) is 6. The Morgan fingerprint density at radius 2 is 2.14 bits per heavy atom. The molecule has 0 radical (unpaired) electrons. The summed E-state index contributed by atoms with van der Waals surface area (Å²) in [7, 11) is 0. The molecule has 1 aliphatic heterocycles. The number of ether oxygens (including phenoxy) is 1. The number of amides is 2. The Morgan fingerprint density at radius 3 is 2.93 bits per heavy atom. The number of carbonyl (C=O) groups excluding carboxylic acids is 2. The standard InChI is InChI=1S/C20H19N3O3S2/c1-2-8-21-18(24)17-10-23(15-5-3-4-6-16(15)26-17)20(25)14-12-28-19(22-14)13-7-9-27-11-13/h3-7,9,11-12,17H,2,8,10H2,1H3,(H,21,24)/t17-/m0/s1. The van der Waals surface area contributed by atoms with E-state index < -0.39 is 6.10 Å². The fourth-order valence-corrected chi connectivity index (χ4v) is 4.46. The fourth-order valence-electron chi connectivity index (χ4n) is 2.95. The second-order valence-corrected chi connectivity index (χ2v) is 7.97. The van der Waals surface area contributed by atoms with Crippen LogP contribution in [0.5, 0.6) is 5.75 Å². The number of thiazole rings is 1. The maximum atomic E-state index is 13.2. The minimum Gasteiger partial charge on any atom is -0.477 e. The third-order valence-corrected chi connectivity index (χ3v) is 5.93. The van der Waals surface area contributed by atoms with E-state index in [2.05, 4.69) is 10.3 Å². The molecule has 6 nitrogen and oxygen atoms in total. The fraction of sp³-hybridized carbons (Fsp3) is 0.250. The van der Waals surface area contributed by atoms with E-state index in [0.29, 0.717) is 23.7 Å². The first kappa shape index (κ1) is 18.6. The molecule has 0 spiro atoms. The lowest BCUT2D eigenvalue weighted by Gasteiger charge is -2.33. The Balaban J connectivity index is 1.61. The lowest BCUT2D eigenvalue weighted by molar-refractivity contribution is -0.127. The molecule has 3 aromatic rings. The van der Waals surface area contributed by atoms with Gasteiger partial charge in [-0.1, -0.05) is 19.1 Å². The SMILES string of the molecule is CCCNC(=O)[C@@H]1CN(C(=O)c2csc(-c3ccsc3)n2)c2ccccc2O1. The highest BCUT2D eigenvalue weighted by atomic mass is 32.1. The Kier molecular flexibility index (Phi) is 5.40. The van der Waals surface area contributed by atoms with Crippen LogP contribution in [0.25, 0.3) is 10.6 Å². The lowest BCUT2D eigenvalue weighted by atomic mass is 10.1. The average molecular weight is 414 g/mol. The van der Waals surface area contributed by atoms with Crippen molar-refractivity contribution in [2.75, 3.05) is 18.0 Å². The number of nitrogens with one attached hydrogen (secondary N) is 1. The van der Waals surface area contributed by atoms with Crippen molar-refractivity contribution in [3.63, 3.8) is 0 Å². The number of thiophene rings is 1. The molecule has 28 heavy (non-hydrogen) atoms. The third-order valence-electron chi connectivity index (χ3n) is 4.35. The highest BCUT2D eigenvalue weighted by molar-refractivity contribution is 7.14. The topological polar surface area (TPSA) is 71.5 Å². The van der Waals surface area contributed by atoms with Crippen LogP contribution < -0.4 is 15.0 Å². The molecule has 0 bridgehead atoms. The number of anilines is 1. The van der Waals surface area contributed by atoms with Gasteiger partial charge in [-0.2, -0.15) is 11.3 Å². The van der Waals surface area contributed by atoms with Gasteiger partial charge in [-0.3, -0.25) is 14.5 Å². The summed E-state index contributed by atoms with van der Waals surface area (Å²) in [6, 6.07) is 9.24. The molecule has 1 aromatic carbocycles. The molecule has 2 amide bonds. The maximum absolute atomic E-state index is 13.2. The minimum absolute atomic E-state index is 0.150. The van der Waals surface area contributed by atoms with Gasteiger partial charge in [-0.15, -0.1) is 11.3 Å². The lowest BCUT2D eigenvalue weighted by Crippen LogP contribution is -2.51. The van der Waals surface area contributed by atoms with E-state index in [1.807, 2.05) is 41.9 Å². The molecule has 0 unspecified atom stereocenters. The van der Waals surface area contributed by atoms with Crippen molar-refractivity contribution in [3.05, 3.63) is 52.2 Å². The molecule has 8 heteroatoms. The zero-order valence-electron chi connectivity index (χ0n) is 15.3. The number of nitrogens with zero attached hydrogens (tertiary/aromatic N) is 2. The summed E-state index contributed by atoms with van der Waals surface area (Å²) in [6.07, 6.45) is 0.0855. The quantitative estimate of drug-likeness (QED) is 0.691. The monoisotopic (exact) mass is 413 g/mol. The second kappa shape index (κ2) is 8.12. The van der Waals surface area contributed by atoms with Crippen molar-refractivity contribution >= 4 is 40.2 Å². The predicted molar refractivity (Wildman–Crippen MR) is 111 cm³/mol. The molecule has 2 aromatic heterocycles. The summed E-state index contributed by atoms with van der Waals surface area (Å²) in [4.78, 5) is 31.8. The van der Waals surface area contributed by atoms with Crippen LogP contribution in [-0.2, 0) is 4.79 Å². The first-order chi connectivity index (χ1) is 13.7. The molecule has 1 aliphatic rings. The van der Waals surface area contributed by atoms with Gasteiger partial charge < -0.3 is 10.1 Å². The van der Waals surface area contributed by atoms with E-state index in [4.69, 9.17) is 4.74 Å². The van der Waals surface area contributed by atoms with Gasteiger partial charge in [0.2, 0.25) is 0 Å². The predicted octanol–water partition coefficient (Wildman–Crippen LogP) is 3.81. The molecule has 3 heterocycles. The zero-order valence-corrected chi connectivity index (χ0v) is 16.9. The second-order valence-electron chi connectivity index (χ2n) is 6.33.